The third-order valence-corrected chi connectivity index (χ3v) is 5.10. The third kappa shape index (κ3) is 7.16. The fourth-order valence-corrected chi connectivity index (χ4v) is 3.43. The molecule has 7 nitrogen and oxygen atoms in total. The molecule has 0 N–H and O–H groups in total. The van der Waals surface area contributed by atoms with E-state index >= 15 is 0 Å². The highest BCUT2D eigenvalue weighted by molar-refractivity contribution is 6.31. The normalized spacial score (nSPS) is 16.8. The number of hydrogen-bond donors (Lipinski definition) is 0. The second-order valence-electron chi connectivity index (χ2n) is 8.45. The summed E-state index contributed by atoms with van der Waals surface area (Å²) in [6.45, 7) is 10.4. The van der Waals surface area contributed by atoms with Gasteiger partial charge in [-0.1, -0.05) is 25.4 Å². The zero-order valence-corrected chi connectivity index (χ0v) is 19.6. The van der Waals surface area contributed by atoms with Gasteiger partial charge >= 0.3 is 12.2 Å². The molecule has 2 amide bonds. The van der Waals surface area contributed by atoms with Gasteiger partial charge in [0.25, 0.3) is 0 Å². The molecule has 1 heterocycles. The lowest BCUT2D eigenvalue weighted by Crippen LogP contribution is -2.57. The lowest BCUT2D eigenvalue weighted by molar-refractivity contribution is 0.000634. The SMILES string of the molecule is CCCOc1cc(F)c(COC(=O)N2CCN(C(=O)OC(C)(C)C)C[C@H]2CC)c(Cl)c1. The van der Waals surface area contributed by atoms with Gasteiger partial charge < -0.3 is 24.0 Å². The van der Waals surface area contributed by atoms with Crippen LogP contribution in [0.5, 0.6) is 5.75 Å². The molecule has 0 bridgehead atoms. The molecule has 1 saturated heterocycles. The van der Waals surface area contributed by atoms with Crippen LogP contribution >= 0.6 is 11.6 Å². The van der Waals surface area contributed by atoms with Crippen LogP contribution in [-0.2, 0) is 16.1 Å². The maximum atomic E-state index is 14.4. The average Bonchev–Trinajstić information content (AvgIpc) is 2.69. The summed E-state index contributed by atoms with van der Waals surface area (Å²) in [5.41, 5.74) is -0.491. The van der Waals surface area contributed by atoms with Crippen molar-refractivity contribution in [1.29, 1.82) is 0 Å². The molecule has 0 unspecified atom stereocenters. The molecule has 1 atom stereocenters. The summed E-state index contributed by atoms with van der Waals surface area (Å²) in [5.74, 6) is -0.253. The van der Waals surface area contributed by atoms with Gasteiger partial charge in [-0.15, -0.1) is 0 Å². The number of amides is 2. The summed E-state index contributed by atoms with van der Waals surface area (Å²) < 4.78 is 30.6. The van der Waals surface area contributed by atoms with Crippen LogP contribution in [0.25, 0.3) is 0 Å². The lowest BCUT2D eigenvalue weighted by Gasteiger charge is -2.40. The molecule has 1 aliphatic rings. The Kier molecular flexibility index (Phi) is 8.79. The summed E-state index contributed by atoms with van der Waals surface area (Å²) in [4.78, 5) is 28.1. The molecule has 2 rings (SSSR count). The predicted molar refractivity (Wildman–Crippen MR) is 116 cm³/mol. The minimum Gasteiger partial charge on any atom is -0.493 e. The van der Waals surface area contributed by atoms with Crippen molar-refractivity contribution >= 4 is 23.8 Å². The number of halogens is 2. The van der Waals surface area contributed by atoms with E-state index in [0.29, 0.717) is 38.4 Å². The molecule has 0 radical (unpaired) electrons. The van der Waals surface area contributed by atoms with E-state index in [9.17, 15) is 14.0 Å². The third-order valence-electron chi connectivity index (χ3n) is 4.77. The molecular weight excluding hydrogens is 427 g/mol. The van der Waals surface area contributed by atoms with Crippen molar-refractivity contribution in [3.8, 4) is 5.75 Å². The van der Waals surface area contributed by atoms with Crippen LogP contribution in [0.3, 0.4) is 0 Å². The zero-order valence-electron chi connectivity index (χ0n) is 18.9. The molecule has 1 aromatic carbocycles. The number of carbonyl (C=O) groups is 2. The molecule has 174 valence electrons. The molecule has 1 aliphatic heterocycles. The molecule has 1 aromatic rings. The van der Waals surface area contributed by atoms with Crippen LogP contribution in [0, 0.1) is 5.82 Å². The van der Waals surface area contributed by atoms with Gasteiger partial charge in [0.2, 0.25) is 0 Å². The van der Waals surface area contributed by atoms with Gasteiger partial charge in [0.1, 0.15) is 23.8 Å². The molecule has 0 aromatic heterocycles. The van der Waals surface area contributed by atoms with Crippen molar-refractivity contribution in [2.75, 3.05) is 26.2 Å². The average molecular weight is 459 g/mol. The maximum absolute atomic E-state index is 14.4. The molecule has 9 heteroatoms. The largest absolute Gasteiger partial charge is 0.493 e. The van der Waals surface area contributed by atoms with Crippen molar-refractivity contribution in [2.45, 2.75) is 65.7 Å². The van der Waals surface area contributed by atoms with Crippen molar-refractivity contribution < 1.29 is 28.2 Å². The van der Waals surface area contributed by atoms with Crippen LogP contribution in [-0.4, -0.2) is 59.9 Å². The number of rotatable bonds is 6. The second-order valence-corrected chi connectivity index (χ2v) is 8.86. The van der Waals surface area contributed by atoms with Gasteiger partial charge in [0.05, 0.1) is 17.7 Å². The van der Waals surface area contributed by atoms with Crippen LogP contribution in [0.2, 0.25) is 5.02 Å². The van der Waals surface area contributed by atoms with Crippen LogP contribution < -0.4 is 4.74 Å². The Morgan fingerprint density at radius 2 is 1.90 bits per heavy atom. The predicted octanol–water partition coefficient (Wildman–Crippen LogP) is 5.24. The summed E-state index contributed by atoms with van der Waals surface area (Å²) in [7, 11) is 0. The first kappa shape index (κ1) is 25.0. The first-order valence-corrected chi connectivity index (χ1v) is 11.0. The number of carbonyl (C=O) groups excluding carboxylic acids is 2. The van der Waals surface area contributed by atoms with E-state index in [-0.39, 0.29) is 23.2 Å². The van der Waals surface area contributed by atoms with Crippen LogP contribution in [0.4, 0.5) is 14.0 Å². The standard InChI is InChI=1S/C22H32ClFN2O5/c1-6-10-29-16-11-18(23)17(19(24)12-16)14-30-21(28)26-9-8-25(13-15(26)7-2)20(27)31-22(3,4)5/h11-12,15H,6-10,13-14H2,1-5H3/t15-/m1/s1. The monoisotopic (exact) mass is 458 g/mol. The van der Waals surface area contributed by atoms with Crippen LogP contribution in [0.15, 0.2) is 12.1 Å². The van der Waals surface area contributed by atoms with Crippen molar-refractivity contribution in [2.24, 2.45) is 0 Å². The Morgan fingerprint density at radius 1 is 1.19 bits per heavy atom. The van der Waals surface area contributed by atoms with Gasteiger partial charge in [-0.2, -0.15) is 0 Å². The number of piperazine rings is 1. The molecule has 0 saturated carbocycles. The zero-order chi connectivity index (χ0) is 23.2. The van der Waals surface area contributed by atoms with E-state index in [0.717, 1.165) is 6.42 Å². The highest BCUT2D eigenvalue weighted by Crippen LogP contribution is 2.27. The number of ether oxygens (including phenoxy) is 3. The first-order chi connectivity index (χ1) is 14.6. The fraction of sp³-hybridized carbons (Fsp3) is 0.636. The fourth-order valence-electron chi connectivity index (χ4n) is 3.18. The van der Waals surface area contributed by atoms with E-state index in [1.807, 2.05) is 34.6 Å². The highest BCUT2D eigenvalue weighted by Gasteiger charge is 2.34. The Bertz CT molecular complexity index is 761. The molecule has 0 aliphatic carbocycles. The smallest absolute Gasteiger partial charge is 0.410 e. The maximum Gasteiger partial charge on any atom is 0.410 e. The number of nitrogens with zero attached hydrogens (tertiary/aromatic N) is 2. The first-order valence-electron chi connectivity index (χ1n) is 10.6. The summed E-state index contributed by atoms with van der Waals surface area (Å²) in [6, 6.07) is 2.52. The summed E-state index contributed by atoms with van der Waals surface area (Å²) >= 11 is 6.16. The van der Waals surface area contributed by atoms with E-state index in [2.05, 4.69) is 0 Å². The Hall–Kier alpha value is -2.22. The Balaban J connectivity index is 1.97. The van der Waals surface area contributed by atoms with E-state index < -0.39 is 23.6 Å². The Labute approximate surface area is 188 Å². The van der Waals surface area contributed by atoms with Crippen molar-refractivity contribution in [3.63, 3.8) is 0 Å². The number of benzene rings is 1. The number of hydrogen-bond acceptors (Lipinski definition) is 5. The minimum atomic E-state index is -0.590. The summed E-state index contributed by atoms with van der Waals surface area (Å²) in [6.07, 6.45) is 0.446. The summed E-state index contributed by atoms with van der Waals surface area (Å²) in [5, 5.41) is 0.140. The van der Waals surface area contributed by atoms with Crippen LogP contribution in [0.1, 0.15) is 53.0 Å². The van der Waals surface area contributed by atoms with Gasteiger partial charge in [0.15, 0.2) is 0 Å². The molecule has 31 heavy (non-hydrogen) atoms. The highest BCUT2D eigenvalue weighted by atomic mass is 35.5. The van der Waals surface area contributed by atoms with Gasteiger partial charge in [0, 0.05) is 31.3 Å². The van der Waals surface area contributed by atoms with E-state index in [1.165, 1.54) is 12.1 Å². The van der Waals surface area contributed by atoms with E-state index in [1.54, 1.807) is 9.80 Å². The molecular formula is C22H32ClFN2O5. The van der Waals surface area contributed by atoms with Crippen molar-refractivity contribution in [3.05, 3.63) is 28.5 Å². The quantitative estimate of drug-likeness (QED) is 0.583. The minimum absolute atomic E-state index is 0.0966. The van der Waals surface area contributed by atoms with Gasteiger partial charge in [-0.25, -0.2) is 14.0 Å². The lowest BCUT2D eigenvalue weighted by atomic mass is 10.1. The van der Waals surface area contributed by atoms with Gasteiger partial charge in [-0.05, 0) is 39.7 Å². The topological polar surface area (TPSA) is 68.3 Å². The molecule has 1 fully saturated rings. The Morgan fingerprint density at radius 3 is 2.48 bits per heavy atom. The van der Waals surface area contributed by atoms with E-state index in [4.69, 9.17) is 25.8 Å². The van der Waals surface area contributed by atoms with Gasteiger partial charge in [-0.3, -0.25) is 0 Å². The second kappa shape index (κ2) is 10.9. The molecule has 0 spiro atoms. The van der Waals surface area contributed by atoms with Crippen molar-refractivity contribution in [1.82, 2.24) is 9.80 Å².